The van der Waals surface area contributed by atoms with Crippen molar-refractivity contribution in [3.05, 3.63) is 59.2 Å². The van der Waals surface area contributed by atoms with Gasteiger partial charge in [-0.3, -0.25) is 4.79 Å². The molecule has 0 aliphatic carbocycles. The maximum absolute atomic E-state index is 12.3. The monoisotopic (exact) mass is 324 g/mol. The molecule has 24 heavy (non-hydrogen) atoms. The van der Waals surface area contributed by atoms with Gasteiger partial charge in [0.15, 0.2) is 11.5 Å². The van der Waals surface area contributed by atoms with Crippen LogP contribution >= 0.6 is 0 Å². The Morgan fingerprint density at radius 3 is 2.71 bits per heavy atom. The second-order valence-electron chi connectivity index (χ2n) is 5.23. The highest BCUT2D eigenvalue weighted by atomic mass is 16.5. The minimum atomic E-state index is -0.229. The maximum Gasteiger partial charge on any atom is 0.251 e. The number of carbonyl (C=O) groups is 1. The van der Waals surface area contributed by atoms with E-state index in [0.29, 0.717) is 29.2 Å². The van der Waals surface area contributed by atoms with Gasteiger partial charge in [-0.25, -0.2) is 0 Å². The number of methoxy groups -OCH3 is 1. The fourth-order valence-corrected chi connectivity index (χ4v) is 2.32. The molecule has 2 aromatic rings. The van der Waals surface area contributed by atoms with E-state index in [1.54, 1.807) is 31.4 Å². The van der Waals surface area contributed by atoms with Crippen LogP contribution < -0.4 is 14.8 Å². The average Bonchev–Trinajstić information content (AvgIpc) is 2.62. The van der Waals surface area contributed by atoms with E-state index in [2.05, 4.69) is 5.32 Å². The number of hydrogen-bond acceptors (Lipinski definition) is 4. The Labute approximate surface area is 141 Å². The molecule has 1 atom stereocenters. The highest BCUT2D eigenvalue weighted by Crippen LogP contribution is 2.30. The molecule has 0 bridgehead atoms. The van der Waals surface area contributed by atoms with Crippen molar-refractivity contribution >= 4 is 5.91 Å². The topological polar surface area (TPSA) is 71.3 Å². The summed E-state index contributed by atoms with van der Waals surface area (Å²) in [6, 6.07) is 14.0. The fraction of sp³-hybridized carbons (Fsp3) is 0.263. The van der Waals surface area contributed by atoms with Crippen LogP contribution in [-0.2, 0) is 0 Å². The van der Waals surface area contributed by atoms with Crippen LogP contribution in [0.3, 0.4) is 0 Å². The van der Waals surface area contributed by atoms with Gasteiger partial charge in [0.1, 0.15) is 0 Å². The normalized spacial score (nSPS) is 11.2. The number of amides is 1. The van der Waals surface area contributed by atoms with E-state index in [4.69, 9.17) is 14.7 Å². The van der Waals surface area contributed by atoms with Crippen molar-refractivity contribution in [2.24, 2.45) is 0 Å². The lowest BCUT2D eigenvalue weighted by Crippen LogP contribution is -2.26. The van der Waals surface area contributed by atoms with Crippen molar-refractivity contribution in [3.63, 3.8) is 0 Å². The van der Waals surface area contributed by atoms with E-state index in [-0.39, 0.29) is 11.9 Å². The molecular formula is C19H20N2O3. The molecule has 5 heteroatoms. The SMILES string of the molecule is CCOc1ccc([C@H](C)NC(=O)c2cccc(C#N)c2)cc1OC. The zero-order valence-electron chi connectivity index (χ0n) is 14.0. The molecule has 1 N–H and O–H groups in total. The molecule has 0 radical (unpaired) electrons. The maximum atomic E-state index is 12.3. The lowest BCUT2D eigenvalue weighted by Gasteiger charge is -2.17. The van der Waals surface area contributed by atoms with E-state index in [0.717, 1.165) is 5.56 Å². The van der Waals surface area contributed by atoms with Gasteiger partial charge >= 0.3 is 0 Å². The first-order valence-corrected chi connectivity index (χ1v) is 7.70. The Bertz CT molecular complexity index is 765. The molecule has 2 rings (SSSR count). The van der Waals surface area contributed by atoms with Crippen molar-refractivity contribution in [1.29, 1.82) is 5.26 Å². The summed E-state index contributed by atoms with van der Waals surface area (Å²) in [5, 5.41) is 11.8. The lowest BCUT2D eigenvalue weighted by atomic mass is 10.1. The molecule has 1 amide bonds. The fourth-order valence-electron chi connectivity index (χ4n) is 2.32. The van der Waals surface area contributed by atoms with Crippen LogP contribution in [0, 0.1) is 11.3 Å². The number of nitriles is 1. The molecule has 0 aliphatic heterocycles. The molecule has 0 spiro atoms. The Hall–Kier alpha value is -3.00. The van der Waals surface area contributed by atoms with Gasteiger partial charge in [-0.05, 0) is 49.7 Å². The third kappa shape index (κ3) is 4.05. The number of hydrogen-bond donors (Lipinski definition) is 1. The van der Waals surface area contributed by atoms with Crippen LogP contribution in [0.4, 0.5) is 0 Å². The molecule has 0 saturated heterocycles. The summed E-state index contributed by atoms with van der Waals surface area (Å²) in [5.41, 5.74) is 1.82. The van der Waals surface area contributed by atoms with E-state index < -0.39 is 0 Å². The number of nitrogens with zero attached hydrogens (tertiary/aromatic N) is 1. The van der Waals surface area contributed by atoms with Gasteiger partial charge in [-0.1, -0.05) is 12.1 Å². The molecule has 0 saturated carbocycles. The van der Waals surface area contributed by atoms with Crippen molar-refractivity contribution in [2.75, 3.05) is 13.7 Å². The van der Waals surface area contributed by atoms with Gasteiger partial charge in [-0.2, -0.15) is 5.26 Å². The zero-order valence-corrected chi connectivity index (χ0v) is 14.0. The highest BCUT2D eigenvalue weighted by Gasteiger charge is 2.14. The second-order valence-corrected chi connectivity index (χ2v) is 5.23. The lowest BCUT2D eigenvalue weighted by molar-refractivity contribution is 0.0940. The molecular weight excluding hydrogens is 304 g/mol. The molecule has 124 valence electrons. The van der Waals surface area contributed by atoms with Gasteiger partial charge < -0.3 is 14.8 Å². The minimum absolute atomic E-state index is 0.215. The smallest absolute Gasteiger partial charge is 0.251 e. The van der Waals surface area contributed by atoms with Gasteiger partial charge in [0.2, 0.25) is 0 Å². The second kappa shape index (κ2) is 8.02. The van der Waals surface area contributed by atoms with E-state index in [9.17, 15) is 4.79 Å². The summed E-state index contributed by atoms with van der Waals surface area (Å²) < 4.78 is 10.8. The van der Waals surface area contributed by atoms with Crippen molar-refractivity contribution in [1.82, 2.24) is 5.32 Å². The van der Waals surface area contributed by atoms with Gasteiger partial charge in [0, 0.05) is 5.56 Å². The Morgan fingerprint density at radius 2 is 2.04 bits per heavy atom. The van der Waals surface area contributed by atoms with Crippen LogP contribution in [0.2, 0.25) is 0 Å². The average molecular weight is 324 g/mol. The number of carbonyl (C=O) groups excluding carboxylic acids is 1. The first-order chi connectivity index (χ1) is 11.6. The van der Waals surface area contributed by atoms with Crippen LogP contribution in [0.25, 0.3) is 0 Å². The molecule has 0 aliphatic rings. The molecule has 0 fully saturated rings. The van der Waals surface area contributed by atoms with Crippen LogP contribution in [0.15, 0.2) is 42.5 Å². The van der Waals surface area contributed by atoms with Gasteiger partial charge in [-0.15, -0.1) is 0 Å². The Kier molecular flexibility index (Phi) is 5.80. The van der Waals surface area contributed by atoms with E-state index in [1.807, 2.05) is 38.1 Å². The highest BCUT2D eigenvalue weighted by molar-refractivity contribution is 5.94. The minimum Gasteiger partial charge on any atom is -0.493 e. The summed E-state index contributed by atoms with van der Waals surface area (Å²) in [6.45, 7) is 4.35. The summed E-state index contributed by atoms with van der Waals surface area (Å²) in [7, 11) is 1.58. The summed E-state index contributed by atoms with van der Waals surface area (Å²) in [4.78, 5) is 12.3. The number of ether oxygens (including phenoxy) is 2. The molecule has 0 unspecified atom stereocenters. The Morgan fingerprint density at radius 1 is 1.25 bits per heavy atom. The molecule has 5 nitrogen and oxygen atoms in total. The van der Waals surface area contributed by atoms with Crippen molar-refractivity contribution < 1.29 is 14.3 Å². The Balaban J connectivity index is 2.15. The van der Waals surface area contributed by atoms with Gasteiger partial charge in [0.05, 0.1) is 31.4 Å². The third-order valence-corrected chi connectivity index (χ3v) is 3.59. The first kappa shape index (κ1) is 17.4. The standard InChI is InChI=1S/C19H20N2O3/c1-4-24-17-9-8-15(11-18(17)23-3)13(2)21-19(22)16-7-5-6-14(10-16)12-20/h5-11,13H,4H2,1-3H3,(H,21,22)/t13-/m0/s1. The summed E-state index contributed by atoms with van der Waals surface area (Å²) in [5.74, 6) is 1.07. The van der Waals surface area contributed by atoms with Crippen LogP contribution in [-0.4, -0.2) is 19.6 Å². The largest absolute Gasteiger partial charge is 0.493 e. The molecule has 0 heterocycles. The summed E-state index contributed by atoms with van der Waals surface area (Å²) >= 11 is 0. The van der Waals surface area contributed by atoms with E-state index in [1.165, 1.54) is 0 Å². The predicted molar refractivity (Wildman–Crippen MR) is 91.2 cm³/mol. The van der Waals surface area contributed by atoms with Crippen molar-refractivity contribution in [2.45, 2.75) is 19.9 Å². The third-order valence-electron chi connectivity index (χ3n) is 3.59. The summed E-state index contributed by atoms with van der Waals surface area (Å²) in [6.07, 6.45) is 0. The number of nitrogens with one attached hydrogen (secondary N) is 1. The number of rotatable bonds is 6. The van der Waals surface area contributed by atoms with Crippen LogP contribution in [0.1, 0.15) is 41.4 Å². The van der Waals surface area contributed by atoms with E-state index >= 15 is 0 Å². The molecule has 2 aromatic carbocycles. The van der Waals surface area contributed by atoms with Crippen LogP contribution in [0.5, 0.6) is 11.5 Å². The number of benzene rings is 2. The predicted octanol–water partition coefficient (Wildman–Crippen LogP) is 3.46. The van der Waals surface area contributed by atoms with Crippen molar-refractivity contribution in [3.8, 4) is 17.6 Å². The first-order valence-electron chi connectivity index (χ1n) is 7.70. The zero-order chi connectivity index (χ0) is 17.5. The van der Waals surface area contributed by atoms with Gasteiger partial charge in [0.25, 0.3) is 5.91 Å². The quantitative estimate of drug-likeness (QED) is 0.883. The molecule has 0 aromatic heterocycles.